The molecular formula is C13H12ClN3O2. The molecule has 2 aromatic rings. The molecule has 5 nitrogen and oxygen atoms in total. The van der Waals surface area contributed by atoms with E-state index in [1.807, 2.05) is 13.8 Å². The monoisotopic (exact) mass is 277 g/mol. The molecule has 0 saturated carbocycles. The number of para-hydroxylation sites is 1. The molecule has 19 heavy (non-hydrogen) atoms. The molecule has 0 aliphatic carbocycles. The van der Waals surface area contributed by atoms with Crippen LogP contribution < -0.4 is 10.5 Å². The summed E-state index contributed by atoms with van der Waals surface area (Å²) in [4.78, 5) is 11.3. The fraction of sp³-hybridized carbons (Fsp3) is 0.154. The van der Waals surface area contributed by atoms with Crippen molar-refractivity contribution >= 4 is 17.5 Å². The van der Waals surface area contributed by atoms with Crippen LogP contribution in [-0.4, -0.2) is 16.1 Å². The van der Waals surface area contributed by atoms with Gasteiger partial charge in [-0.3, -0.25) is 4.79 Å². The maximum Gasteiger partial charge on any atom is 0.252 e. The number of ether oxygens (including phenoxy) is 1. The lowest BCUT2D eigenvalue weighted by molar-refractivity contribution is 0.0998. The second-order valence-electron chi connectivity index (χ2n) is 4.01. The maximum absolute atomic E-state index is 11.3. The molecule has 98 valence electrons. The lowest BCUT2D eigenvalue weighted by Crippen LogP contribution is -2.12. The van der Waals surface area contributed by atoms with Gasteiger partial charge in [0.05, 0.1) is 5.56 Å². The Bertz CT molecular complexity index is 644. The SMILES string of the molecule is Cc1c(Cl)nnc(Oc2ccccc2C(N)=O)c1C. The number of carbonyl (C=O) groups is 1. The third-order valence-electron chi connectivity index (χ3n) is 2.78. The minimum Gasteiger partial charge on any atom is -0.436 e. The average Bonchev–Trinajstić information content (AvgIpc) is 2.40. The summed E-state index contributed by atoms with van der Waals surface area (Å²) in [5.41, 5.74) is 7.12. The average molecular weight is 278 g/mol. The van der Waals surface area contributed by atoms with Crippen molar-refractivity contribution in [3.05, 3.63) is 46.1 Å². The van der Waals surface area contributed by atoms with Gasteiger partial charge in [-0.15, -0.1) is 10.2 Å². The van der Waals surface area contributed by atoms with Gasteiger partial charge in [0.1, 0.15) is 5.75 Å². The van der Waals surface area contributed by atoms with Crippen molar-refractivity contribution < 1.29 is 9.53 Å². The summed E-state index contributed by atoms with van der Waals surface area (Å²) in [6, 6.07) is 6.68. The fourth-order valence-corrected chi connectivity index (χ4v) is 1.69. The lowest BCUT2D eigenvalue weighted by atomic mass is 10.2. The predicted octanol–water partition coefficient (Wildman–Crippen LogP) is 2.64. The molecule has 0 aliphatic heterocycles. The number of halogens is 1. The lowest BCUT2D eigenvalue weighted by Gasteiger charge is -2.11. The summed E-state index contributed by atoms with van der Waals surface area (Å²) in [7, 11) is 0. The van der Waals surface area contributed by atoms with Crippen LogP contribution in [0, 0.1) is 13.8 Å². The Labute approximate surface area is 115 Å². The van der Waals surface area contributed by atoms with Gasteiger partial charge in [0, 0.05) is 5.56 Å². The summed E-state index contributed by atoms with van der Waals surface area (Å²) < 4.78 is 5.60. The number of hydrogen-bond acceptors (Lipinski definition) is 4. The molecule has 1 aromatic heterocycles. The standard InChI is InChI=1S/C13H12ClN3O2/c1-7-8(2)13(17-16-11(7)14)19-10-6-4-3-5-9(10)12(15)18/h3-6H,1-2H3,(H2,15,18). The second-order valence-corrected chi connectivity index (χ2v) is 4.37. The van der Waals surface area contributed by atoms with Crippen LogP contribution in [0.2, 0.25) is 5.15 Å². The van der Waals surface area contributed by atoms with Gasteiger partial charge in [0.15, 0.2) is 5.15 Å². The Kier molecular flexibility index (Phi) is 3.66. The molecule has 2 N–H and O–H groups in total. The van der Waals surface area contributed by atoms with Crippen LogP contribution in [-0.2, 0) is 0 Å². The van der Waals surface area contributed by atoms with Gasteiger partial charge >= 0.3 is 0 Å². The molecule has 1 heterocycles. The first-order valence-corrected chi connectivity index (χ1v) is 5.94. The maximum atomic E-state index is 11.3. The van der Waals surface area contributed by atoms with Crippen LogP contribution in [0.25, 0.3) is 0 Å². The smallest absolute Gasteiger partial charge is 0.252 e. The summed E-state index contributed by atoms with van der Waals surface area (Å²) in [5.74, 6) is 0.0802. The molecule has 1 amide bonds. The first kappa shape index (κ1) is 13.3. The van der Waals surface area contributed by atoms with Crippen molar-refractivity contribution in [3.63, 3.8) is 0 Å². The molecular weight excluding hydrogens is 266 g/mol. The Hall–Kier alpha value is -2.14. The minimum atomic E-state index is -0.563. The zero-order chi connectivity index (χ0) is 14.0. The van der Waals surface area contributed by atoms with Crippen molar-refractivity contribution in [1.82, 2.24) is 10.2 Å². The normalized spacial score (nSPS) is 10.3. The minimum absolute atomic E-state index is 0.288. The van der Waals surface area contributed by atoms with E-state index < -0.39 is 5.91 Å². The van der Waals surface area contributed by atoms with E-state index >= 15 is 0 Å². The van der Waals surface area contributed by atoms with Crippen LogP contribution in [0.3, 0.4) is 0 Å². The first-order chi connectivity index (χ1) is 9.00. The molecule has 6 heteroatoms. The number of primary amides is 1. The van der Waals surface area contributed by atoms with Gasteiger partial charge in [-0.25, -0.2) is 0 Å². The number of benzene rings is 1. The van der Waals surface area contributed by atoms with Gasteiger partial charge in [0.2, 0.25) is 5.88 Å². The third kappa shape index (κ3) is 2.66. The van der Waals surface area contributed by atoms with Gasteiger partial charge in [-0.1, -0.05) is 23.7 Å². The number of nitrogens with zero attached hydrogens (tertiary/aromatic N) is 2. The van der Waals surface area contributed by atoms with Gasteiger partial charge in [-0.2, -0.15) is 0 Å². The number of nitrogens with two attached hydrogens (primary N) is 1. The molecule has 0 bridgehead atoms. The largest absolute Gasteiger partial charge is 0.436 e. The molecule has 0 fully saturated rings. The van der Waals surface area contributed by atoms with E-state index in [2.05, 4.69) is 10.2 Å². The summed E-state index contributed by atoms with van der Waals surface area (Å²) in [5, 5.41) is 7.99. The Morgan fingerprint density at radius 3 is 2.58 bits per heavy atom. The molecule has 2 rings (SSSR count). The summed E-state index contributed by atoms with van der Waals surface area (Å²) in [6.45, 7) is 3.64. The molecule has 0 spiro atoms. The van der Waals surface area contributed by atoms with Gasteiger partial charge < -0.3 is 10.5 Å². The summed E-state index contributed by atoms with van der Waals surface area (Å²) >= 11 is 5.87. The first-order valence-electron chi connectivity index (χ1n) is 5.56. The number of hydrogen-bond donors (Lipinski definition) is 1. The molecule has 0 radical (unpaired) electrons. The van der Waals surface area contributed by atoms with E-state index in [0.717, 1.165) is 11.1 Å². The number of amides is 1. The van der Waals surface area contributed by atoms with E-state index in [1.165, 1.54) is 0 Å². The Morgan fingerprint density at radius 1 is 1.21 bits per heavy atom. The Balaban J connectivity index is 2.42. The quantitative estimate of drug-likeness (QED) is 0.935. The highest BCUT2D eigenvalue weighted by atomic mass is 35.5. The summed E-state index contributed by atoms with van der Waals surface area (Å²) in [6.07, 6.45) is 0. The van der Waals surface area contributed by atoms with Crippen molar-refractivity contribution in [3.8, 4) is 11.6 Å². The van der Waals surface area contributed by atoms with Crippen molar-refractivity contribution in [2.24, 2.45) is 5.73 Å². The molecule has 0 saturated heterocycles. The van der Waals surface area contributed by atoms with Crippen LogP contribution in [0.15, 0.2) is 24.3 Å². The highest BCUT2D eigenvalue weighted by molar-refractivity contribution is 6.30. The van der Waals surface area contributed by atoms with Crippen molar-refractivity contribution in [2.45, 2.75) is 13.8 Å². The van der Waals surface area contributed by atoms with Crippen LogP contribution in [0.5, 0.6) is 11.6 Å². The van der Waals surface area contributed by atoms with E-state index in [4.69, 9.17) is 22.1 Å². The highest BCUT2D eigenvalue weighted by Gasteiger charge is 2.14. The molecule has 0 atom stereocenters. The zero-order valence-electron chi connectivity index (χ0n) is 10.5. The third-order valence-corrected chi connectivity index (χ3v) is 3.14. The highest BCUT2D eigenvalue weighted by Crippen LogP contribution is 2.28. The van der Waals surface area contributed by atoms with Crippen LogP contribution in [0.4, 0.5) is 0 Å². The number of aromatic nitrogens is 2. The van der Waals surface area contributed by atoms with Crippen molar-refractivity contribution in [2.75, 3.05) is 0 Å². The molecule has 1 aromatic carbocycles. The van der Waals surface area contributed by atoms with E-state index in [1.54, 1.807) is 24.3 Å². The van der Waals surface area contributed by atoms with E-state index in [-0.39, 0.29) is 5.56 Å². The van der Waals surface area contributed by atoms with Crippen LogP contribution in [0.1, 0.15) is 21.5 Å². The second kappa shape index (κ2) is 5.24. The Morgan fingerprint density at radius 2 is 1.89 bits per heavy atom. The molecule has 0 aliphatic rings. The predicted molar refractivity (Wildman–Crippen MR) is 71.5 cm³/mol. The zero-order valence-corrected chi connectivity index (χ0v) is 11.2. The molecule has 0 unspecified atom stereocenters. The van der Waals surface area contributed by atoms with E-state index in [9.17, 15) is 4.79 Å². The fourth-order valence-electron chi connectivity index (χ4n) is 1.51. The van der Waals surface area contributed by atoms with Gasteiger partial charge in [-0.05, 0) is 31.5 Å². The number of rotatable bonds is 3. The topological polar surface area (TPSA) is 78.1 Å². The van der Waals surface area contributed by atoms with Crippen LogP contribution >= 0.6 is 11.6 Å². The van der Waals surface area contributed by atoms with Crippen molar-refractivity contribution in [1.29, 1.82) is 0 Å². The van der Waals surface area contributed by atoms with E-state index in [0.29, 0.717) is 16.8 Å². The number of carbonyl (C=O) groups excluding carboxylic acids is 1. The van der Waals surface area contributed by atoms with Gasteiger partial charge in [0.25, 0.3) is 5.91 Å².